The van der Waals surface area contributed by atoms with E-state index in [-0.39, 0.29) is 68.6 Å². The summed E-state index contributed by atoms with van der Waals surface area (Å²) in [5.74, 6) is -1.53. The number of fused-ring (bicyclic) bond motifs is 5. The molecule has 8 bridgehead atoms. The fraction of sp³-hybridized carbons (Fsp3) is 0.574. The molecule has 5 aliphatic rings. The molecule has 1 amide bonds. The molecule has 16 heteroatoms. The summed E-state index contributed by atoms with van der Waals surface area (Å²) in [6, 6.07) is 0. The van der Waals surface area contributed by atoms with Crippen molar-refractivity contribution in [3.63, 3.8) is 0 Å². The van der Waals surface area contributed by atoms with Gasteiger partial charge in [0.05, 0.1) is 42.1 Å². The van der Waals surface area contributed by atoms with Crippen LogP contribution in [0.3, 0.4) is 0 Å². The van der Waals surface area contributed by atoms with Gasteiger partial charge in [-0.25, -0.2) is 9.98 Å². The number of carbonyl (C=O) groups is 2. The number of hydrogen-bond acceptors (Lipinski definition) is 14. The van der Waals surface area contributed by atoms with Crippen LogP contribution in [0.1, 0.15) is 92.9 Å². The molecule has 0 unspecified atom stereocenters. The van der Waals surface area contributed by atoms with Crippen molar-refractivity contribution in [2.45, 2.75) is 92.9 Å². The van der Waals surface area contributed by atoms with Gasteiger partial charge in [0.15, 0.2) is 0 Å². The molecule has 0 spiro atoms. The van der Waals surface area contributed by atoms with Crippen LogP contribution >= 0.6 is 0 Å². The zero-order chi connectivity index (χ0) is 44.9. The average Bonchev–Trinajstić information content (AvgIpc) is 3.94. The molecule has 0 aliphatic carbocycles. The van der Waals surface area contributed by atoms with E-state index in [1.165, 1.54) is 7.11 Å². The van der Waals surface area contributed by atoms with Crippen molar-refractivity contribution in [2.24, 2.45) is 55.1 Å². The number of amides is 1. The predicted molar refractivity (Wildman–Crippen MR) is 244 cm³/mol. The average molecular weight is 960 g/mol. The third-order valence-electron chi connectivity index (χ3n) is 12.4. The first-order valence-electron chi connectivity index (χ1n) is 22.4. The second kappa shape index (κ2) is 24.7. The minimum absolute atomic E-state index is 0. The Morgan fingerprint density at radius 2 is 1.52 bits per heavy atom. The van der Waals surface area contributed by atoms with E-state index in [1.54, 1.807) is 6.92 Å². The summed E-state index contributed by atoms with van der Waals surface area (Å²) in [4.78, 5) is 46.8. The Morgan fingerprint density at radius 3 is 2.17 bits per heavy atom. The molecule has 0 aromatic heterocycles. The van der Waals surface area contributed by atoms with Crippen LogP contribution in [0.5, 0.6) is 0 Å². The van der Waals surface area contributed by atoms with Gasteiger partial charge in [0, 0.05) is 71.4 Å². The van der Waals surface area contributed by atoms with Crippen LogP contribution in [0.2, 0.25) is 0 Å². The number of nitrogens with one attached hydrogen (secondary N) is 4. The topological polar surface area (TPSA) is 239 Å². The summed E-state index contributed by atoms with van der Waals surface area (Å²) in [5, 5.41) is 41.0. The molecule has 5 rings (SSSR count). The van der Waals surface area contributed by atoms with E-state index < -0.39 is 11.9 Å². The molecule has 5 aliphatic heterocycles. The molecule has 0 radical (unpaired) electrons. The Morgan fingerprint density at radius 1 is 0.857 bits per heavy atom. The smallest absolute Gasteiger partial charge is 0.875 e. The maximum Gasteiger partial charge on any atom is 2.00 e. The van der Waals surface area contributed by atoms with Gasteiger partial charge in [-0.3, -0.25) is 14.6 Å². The number of allylic oxidation sites excluding steroid dienone is 10. The van der Waals surface area contributed by atoms with Crippen LogP contribution in [-0.2, 0) is 34.7 Å². The molecular formula is C47H68N10O5Pd. The summed E-state index contributed by atoms with van der Waals surface area (Å²) in [5.41, 5.74) is 19.2. The van der Waals surface area contributed by atoms with E-state index in [0.29, 0.717) is 102 Å². The molecule has 0 saturated carbocycles. The van der Waals surface area contributed by atoms with Gasteiger partial charge in [0.25, 0.3) is 0 Å². The Labute approximate surface area is 387 Å². The molecule has 4 atom stereocenters. The van der Waals surface area contributed by atoms with Crippen molar-refractivity contribution < 1.29 is 45.0 Å². The van der Waals surface area contributed by atoms with Crippen molar-refractivity contribution in [1.82, 2.24) is 21.3 Å². The minimum atomic E-state index is -0.519. The maximum absolute atomic E-state index is 14.4. The van der Waals surface area contributed by atoms with Crippen molar-refractivity contribution in [3.05, 3.63) is 80.3 Å². The number of aliphatic imine (C=N–C) groups is 4. The molecule has 5 heterocycles. The van der Waals surface area contributed by atoms with Gasteiger partial charge in [-0.15, -0.1) is 5.76 Å². The molecule has 8 N–H and O–H groups in total. The zero-order valence-corrected chi connectivity index (χ0v) is 39.7. The predicted octanol–water partition coefficient (Wildman–Crippen LogP) is 2.89. The second-order valence-electron chi connectivity index (χ2n) is 16.7. The van der Waals surface area contributed by atoms with E-state index in [9.17, 15) is 19.8 Å². The Bertz CT molecular complexity index is 2070. The minimum Gasteiger partial charge on any atom is -0.875 e. The zero-order valence-electron chi connectivity index (χ0n) is 38.2. The fourth-order valence-electron chi connectivity index (χ4n) is 8.75. The van der Waals surface area contributed by atoms with Gasteiger partial charge >= 0.3 is 26.4 Å². The van der Waals surface area contributed by atoms with E-state index >= 15 is 0 Å². The van der Waals surface area contributed by atoms with Gasteiger partial charge in [-0.1, -0.05) is 27.7 Å². The number of methoxy groups -OCH3 is 1. The summed E-state index contributed by atoms with van der Waals surface area (Å²) in [7, 11) is 1.33. The molecule has 346 valence electrons. The van der Waals surface area contributed by atoms with Crippen LogP contribution in [0.15, 0.2) is 100 Å². The Kier molecular flexibility index (Phi) is 20.1. The number of ether oxygens (including phenoxy) is 1. The molecule has 1 saturated heterocycles. The first-order chi connectivity index (χ1) is 29.8. The van der Waals surface area contributed by atoms with Crippen molar-refractivity contribution in [1.29, 1.82) is 0 Å². The van der Waals surface area contributed by atoms with Gasteiger partial charge in [0.1, 0.15) is 0 Å². The summed E-state index contributed by atoms with van der Waals surface area (Å²) < 4.78 is 5.27. The van der Waals surface area contributed by atoms with Gasteiger partial charge in [-0.2, -0.15) is 0 Å². The summed E-state index contributed by atoms with van der Waals surface area (Å²) in [6.45, 7) is 16.8. The van der Waals surface area contributed by atoms with Crippen molar-refractivity contribution >= 4 is 34.9 Å². The molecular weight excluding hydrogens is 891 g/mol. The molecule has 1 fully saturated rings. The van der Waals surface area contributed by atoms with Crippen molar-refractivity contribution in [2.75, 3.05) is 59.5 Å². The van der Waals surface area contributed by atoms with Crippen molar-refractivity contribution in [3.8, 4) is 0 Å². The molecule has 0 aromatic rings. The van der Waals surface area contributed by atoms with Crippen LogP contribution in [0, 0.1) is 23.7 Å². The fourth-order valence-corrected chi connectivity index (χ4v) is 8.75. The Balaban J connectivity index is 0.00000871. The Hall–Kier alpha value is -4.30. The standard InChI is InChI=1S/C47H70N10O5.Pd/c1-8-32-27(2)35-26-40-43(31(6)58)29(4)37(55-40)24-36-28(3)33(13-14-41(59)52-21-11-19-50-17-9-15-48)45(56-36)34(23-42(60)62-7)46-44(30(5)38(57-46)25-39(32)54-35)47(61)53-22-12-20-51-18-10-16-49;/h24-28,32-33,50-51,54,58H,8-23,48-49H2,1-7H3,(H,52,59)(H,53,61);/q;+2/p-2/b35-26?,36-24?,39-25?,43-31+,46-34?;/t27-,28+,32-,33+;/m1./s1. The van der Waals surface area contributed by atoms with Gasteiger partial charge < -0.3 is 52.7 Å². The van der Waals surface area contributed by atoms with Crippen LogP contribution in [0.25, 0.3) is 0 Å². The third-order valence-corrected chi connectivity index (χ3v) is 12.4. The third kappa shape index (κ3) is 12.7. The first kappa shape index (κ1) is 51.3. The number of esters is 1. The summed E-state index contributed by atoms with van der Waals surface area (Å²) >= 11 is 0. The van der Waals surface area contributed by atoms with E-state index in [1.807, 2.05) is 39.0 Å². The number of hydrogen-bond donors (Lipinski definition) is 6. The second-order valence-corrected chi connectivity index (χ2v) is 16.7. The maximum atomic E-state index is 14.4. The monoisotopic (exact) mass is 958 g/mol. The number of nitrogens with two attached hydrogens (primary N) is 2. The van der Waals surface area contributed by atoms with Crippen LogP contribution < -0.4 is 42.9 Å². The quantitative estimate of drug-likeness (QED) is 0.0246. The normalized spacial score (nSPS) is 22.8. The molecule has 0 aromatic carbocycles. The van der Waals surface area contributed by atoms with E-state index in [0.717, 1.165) is 62.3 Å². The van der Waals surface area contributed by atoms with E-state index in [2.05, 4.69) is 40.1 Å². The molecule has 63 heavy (non-hydrogen) atoms. The number of nitrogens with zero attached hydrogens (tertiary/aromatic N) is 4. The number of rotatable bonds is 21. The summed E-state index contributed by atoms with van der Waals surface area (Å²) in [6.07, 6.45) is 10.3. The number of carbonyl (C=O) groups excluding carboxylic acids is 2. The first-order valence-corrected chi connectivity index (χ1v) is 22.4. The van der Waals surface area contributed by atoms with Crippen LogP contribution in [0.4, 0.5) is 0 Å². The van der Waals surface area contributed by atoms with Gasteiger partial charge in [-0.05, 0) is 132 Å². The molecule has 15 nitrogen and oxygen atoms in total. The van der Waals surface area contributed by atoms with Gasteiger partial charge in [0.2, 0.25) is 5.91 Å². The SMILES string of the molecule is CC[C@H]1C2=CC3=NC(=C(CC(=O)OC)C4=NC(=CC5=C(C)/C(=C(/C)[O-])C(=N5)C=C(N2)[C@@H]1C)[C@@H](C)[C@@H]4CCC(=O)NCCCNCCCN)C(C([O-])=NCCCNCCCN)=C3C.[Pd+2]. The largest absolute Gasteiger partial charge is 2.00 e. The van der Waals surface area contributed by atoms with E-state index in [4.69, 9.17) is 31.2 Å². The van der Waals surface area contributed by atoms with Crippen LogP contribution in [-0.4, -0.2) is 94.4 Å².